The molecule has 4 aromatic rings. The van der Waals surface area contributed by atoms with Crippen LogP contribution >= 0.6 is 15.9 Å². The van der Waals surface area contributed by atoms with Crippen molar-refractivity contribution in [2.75, 3.05) is 13.2 Å². The van der Waals surface area contributed by atoms with Crippen molar-refractivity contribution in [1.29, 1.82) is 5.26 Å². The minimum atomic E-state index is -0.965. The fraction of sp³-hybridized carbons (Fsp3) is 0.231. The summed E-state index contributed by atoms with van der Waals surface area (Å²) in [6.07, 6.45) is 1.83. The summed E-state index contributed by atoms with van der Waals surface area (Å²) in [5.41, 5.74) is 3.72. The third kappa shape index (κ3) is 3.48. The van der Waals surface area contributed by atoms with Crippen molar-refractivity contribution < 1.29 is 14.6 Å². The lowest BCUT2D eigenvalue weighted by Gasteiger charge is -2.33. The molecule has 0 saturated carbocycles. The number of carbonyl (C=O) groups is 1. The van der Waals surface area contributed by atoms with Crippen LogP contribution in [0.15, 0.2) is 65.1 Å². The van der Waals surface area contributed by atoms with Gasteiger partial charge in [-0.3, -0.25) is 0 Å². The van der Waals surface area contributed by atoms with Crippen molar-refractivity contribution in [3.63, 3.8) is 0 Å². The van der Waals surface area contributed by atoms with Gasteiger partial charge in [-0.15, -0.1) is 0 Å². The average molecular weight is 489 g/mol. The number of halogens is 1. The van der Waals surface area contributed by atoms with Gasteiger partial charge in [-0.25, -0.2) is 4.79 Å². The smallest absolute Gasteiger partial charge is 0.335 e. The molecule has 3 aromatic carbocycles. The Balaban J connectivity index is 1.91. The number of aromatic carboxylic acids is 1. The number of rotatable bonds is 4. The Morgan fingerprint density at radius 2 is 1.84 bits per heavy atom. The lowest BCUT2D eigenvalue weighted by Crippen LogP contribution is -2.26. The van der Waals surface area contributed by atoms with E-state index in [-0.39, 0.29) is 11.6 Å². The van der Waals surface area contributed by atoms with Crippen LogP contribution in [0.3, 0.4) is 0 Å². The van der Waals surface area contributed by atoms with E-state index in [4.69, 9.17) is 4.74 Å². The number of hydrogen-bond acceptors (Lipinski definition) is 3. The predicted molar refractivity (Wildman–Crippen MR) is 127 cm³/mol. The van der Waals surface area contributed by atoms with Crippen molar-refractivity contribution in [1.82, 2.24) is 4.57 Å². The van der Waals surface area contributed by atoms with Crippen LogP contribution in [-0.4, -0.2) is 28.9 Å². The highest BCUT2D eigenvalue weighted by molar-refractivity contribution is 9.10. The Morgan fingerprint density at radius 3 is 2.53 bits per heavy atom. The van der Waals surface area contributed by atoms with E-state index < -0.39 is 5.97 Å². The first-order valence-electron chi connectivity index (χ1n) is 10.6. The van der Waals surface area contributed by atoms with E-state index in [0.29, 0.717) is 24.7 Å². The summed E-state index contributed by atoms with van der Waals surface area (Å²) >= 11 is 3.58. The quantitative estimate of drug-likeness (QED) is 0.374. The maximum absolute atomic E-state index is 11.8. The SMILES string of the molecule is N#Cc1cc(Br)cc2c1c1ccc(C(=O)O)cc1n2C(c1ccccc1)C1CCOCC1. The van der Waals surface area contributed by atoms with Gasteiger partial charge >= 0.3 is 5.97 Å². The number of carboxylic acids is 1. The number of nitrogens with zero attached hydrogens (tertiary/aromatic N) is 2. The number of hydrogen-bond donors (Lipinski definition) is 1. The molecular formula is C26H21BrN2O3. The molecule has 1 aliphatic heterocycles. The first kappa shape index (κ1) is 20.7. The molecular weight excluding hydrogens is 468 g/mol. The average Bonchev–Trinajstić information content (AvgIpc) is 3.13. The number of benzene rings is 3. The third-order valence-electron chi connectivity index (χ3n) is 6.37. The van der Waals surface area contributed by atoms with Crippen LogP contribution in [0.4, 0.5) is 0 Å². The fourth-order valence-electron chi connectivity index (χ4n) is 4.97. The van der Waals surface area contributed by atoms with Crippen LogP contribution in [0.5, 0.6) is 0 Å². The Labute approximate surface area is 194 Å². The van der Waals surface area contributed by atoms with Gasteiger partial charge in [0.25, 0.3) is 0 Å². The molecule has 0 radical (unpaired) electrons. The molecule has 1 unspecified atom stereocenters. The fourth-order valence-corrected chi connectivity index (χ4v) is 5.42. The second kappa shape index (κ2) is 8.42. The molecule has 1 aliphatic rings. The zero-order chi connectivity index (χ0) is 22.2. The van der Waals surface area contributed by atoms with E-state index in [9.17, 15) is 15.2 Å². The molecule has 32 heavy (non-hydrogen) atoms. The maximum atomic E-state index is 11.8. The second-order valence-corrected chi connectivity index (χ2v) is 9.09. The Bertz CT molecular complexity index is 1370. The van der Waals surface area contributed by atoms with Gasteiger partial charge in [0.15, 0.2) is 0 Å². The lowest BCUT2D eigenvalue weighted by molar-refractivity contribution is 0.0553. The van der Waals surface area contributed by atoms with Gasteiger partial charge in [-0.2, -0.15) is 5.26 Å². The van der Waals surface area contributed by atoms with E-state index >= 15 is 0 Å². The topological polar surface area (TPSA) is 75.3 Å². The van der Waals surface area contributed by atoms with Crippen LogP contribution in [0, 0.1) is 17.2 Å². The summed E-state index contributed by atoms with van der Waals surface area (Å²) in [5, 5.41) is 21.3. The van der Waals surface area contributed by atoms with E-state index in [2.05, 4.69) is 38.7 Å². The van der Waals surface area contributed by atoms with Gasteiger partial charge in [0.05, 0.1) is 34.3 Å². The standard InChI is InChI=1S/C26H21BrN2O3/c27-20-12-19(15-28)24-21-7-6-18(26(30)31)13-22(21)29(23(24)14-20)25(16-4-2-1-3-5-16)17-8-10-32-11-9-17/h1-7,12-14,17,25H,8-11H2,(H,30,31). The van der Waals surface area contributed by atoms with Gasteiger partial charge in [-0.1, -0.05) is 52.3 Å². The van der Waals surface area contributed by atoms with Crippen LogP contribution in [0.2, 0.25) is 0 Å². The van der Waals surface area contributed by atoms with Gasteiger partial charge in [-0.05, 0) is 48.6 Å². The highest BCUT2D eigenvalue weighted by Crippen LogP contribution is 2.42. The maximum Gasteiger partial charge on any atom is 0.335 e. The molecule has 5 nitrogen and oxygen atoms in total. The molecule has 160 valence electrons. The van der Waals surface area contributed by atoms with Crippen molar-refractivity contribution in [2.24, 2.45) is 5.92 Å². The summed E-state index contributed by atoms with van der Waals surface area (Å²) in [6, 6.07) is 21.7. The van der Waals surface area contributed by atoms with Gasteiger partial charge < -0.3 is 14.4 Å². The highest BCUT2D eigenvalue weighted by atomic mass is 79.9. The molecule has 2 heterocycles. The van der Waals surface area contributed by atoms with Crippen LogP contribution in [0.1, 0.15) is 40.4 Å². The van der Waals surface area contributed by atoms with Crippen LogP contribution in [0.25, 0.3) is 21.8 Å². The first-order valence-corrected chi connectivity index (χ1v) is 11.4. The molecule has 1 aromatic heterocycles. The lowest BCUT2D eigenvalue weighted by atomic mass is 9.86. The molecule has 0 spiro atoms. The van der Waals surface area contributed by atoms with Crippen molar-refractivity contribution in [2.45, 2.75) is 18.9 Å². The summed E-state index contributed by atoms with van der Waals surface area (Å²) in [4.78, 5) is 11.8. The first-order chi connectivity index (χ1) is 15.6. The van der Waals surface area contributed by atoms with Crippen molar-refractivity contribution in [3.8, 4) is 6.07 Å². The predicted octanol–water partition coefficient (Wildman–Crippen LogP) is 6.14. The monoisotopic (exact) mass is 488 g/mol. The summed E-state index contributed by atoms with van der Waals surface area (Å²) in [7, 11) is 0. The van der Waals surface area contributed by atoms with E-state index in [1.807, 2.05) is 36.4 Å². The minimum Gasteiger partial charge on any atom is -0.478 e. The molecule has 0 amide bonds. The van der Waals surface area contributed by atoms with E-state index in [1.54, 1.807) is 12.1 Å². The Kier molecular flexibility index (Phi) is 5.46. The van der Waals surface area contributed by atoms with Gasteiger partial charge in [0, 0.05) is 28.5 Å². The highest BCUT2D eigenvalue weighted by Gasteiger charge is 2.30. The zero-order valence-corrected chi connectivity index (χ0v) is 18.9. The summed E-state index contributed by atoms with van der Waals surface area (Å²) in [6.45, 7) is 1.41. The number of carboxylic acid groups (broad SMARTS) is 1. The zero-order valence-electron chi connectivity index (χ0n) is 17.3. The number of nitriles is 1. The Morgan fingerprint density at radius 1 is 1.09 bits per heavy atom. The molecule has 0 aliphatic carbocycles. The second-order valence-electron chi connectivity index (χ2n) is 8.17. The van der Waals surface area contributed by atoms with Gasteiger partial charge in [0.1, 0.15) is 0 Å². The van der Waals surface area contributed by atoms with Crippen molar-refractivity contribution in [3.05, 3.63) is 81.8 Å². The normalized spacial score (nSPS) is 15.6. The van der Waals surface area contributed by atoms with Crippen LogP contribution in [-0.2, 0) is 4.74 Å². The number of aromatic nitrogens is 1. The minimum absolute atomic E-state index is 0.00927. The molecule has 6 heteroatoms. The van der Waals surface area contributed by atoms with Gasteiger partial charge in [0.2, 0.25) is 0 Å². The van der Waals surface area contributed by atoms with E-state index in [1.165, 1.54) is 0 Å². The number of fused-ring (bicyclic) bond motifs is 3. The molecule has 0 bridgehead atoms. The summed E-state index contributed by atoms with van der Waals surface area (Å²) < 4.78 is 8.71. The Hall–Kier alpha value is -3.14. The molecule has 1 saturated heterocycles. The molecule has 1 N–H and O–H groups in total. The molecule has 1 atom stereocenters. The van der Waals surface area contributed by atoms with E-state index in [0.717, 1.165) is 44.7 Å². The summed E-state index contributed by atoms with van der Waals surface area (Å²) in [5.74, 6) is -0.643. The third-order valence-corrected chi connectivity index (χ3v) is 6.83. The number of ether oxygens (including phenoxy) is 1. The largest absolute Gasteiger partial charge is 0.478 e. The molecule has 1 fully saturated rings. The van der Waals surface area contributed by atoms with Crippen molar-refractivity contribution >= 4 is 43.7 Å². The van der Waals surface area contributed by atoms with Crippen LogP contribution < -0.4 is 0 Å². The molecule has 5 rings (SSSR count).